The molecule has 5 aromatic rings. The Hall–Kier alpha value is -6.74. The number of halogens is 10. The van der Waals surface area contributed by atoms with E-state index >= 15 is 0 Å². The second-order valence-electron chi connectivity index (χ2n) is 22.7. The minimum absolute atomic E-state index is 0.0142. The summed E-state index contributed by atoms with van der Waals surface area (Å²) in [6.07, 6.45) is 8.82. The van der Waals surface area contributed by atoms with Gasteiger partial charge in [0, 0.05) is 67.3 Å². The molecule has 3 aliphatic carbocycles. The van der Waals surface area contributed by atoms with Crippen molar-refractivity contribution in [3.63, 3.8) is 0 Å². The van der Waals surface area contributed by atoms with Crippen molar-refractivity contribution in [1.29, 1.82) is 0 Å². The van der Waals surface area contributed by atoms with Gasteiger partial charge in [-0.05, 0) is 150 Å². The summed E-state index contributed by atoms with van der Waals surface area (Å²) in [6, 6.07) is 20.0. The van der Waals surface area contributed by atoms with Crippen LogP contribution in [0.25, 0.3) is 0 Å². The molecule has 2 saturated heterocycles. The van der Waals surface area contributed by atoms with Crippen molar-refractivity contribution in [2.75, 3.05) is 39.6 Å². The van der Waals surface area contributed by atoms with Gasteiger partial charge in [0.1, 0.15) is 76.6 Å². The van der Waals surface area contributed by atoms with E-state index in [2.05, 4.69) is 20.7 Å². The number of benzene rings is 5. The van der Waals surface area contributed by atoms with Crippen LogP contribution in [0.15, 0.2) is 91.0 Å². The Bertz CT molecular complexity index is 3330. The minimum atomic E-state index is -1.31. The lowest BCUT2D eigenvalue weighted by Gasteiger charge is -2.29. The first-order valence-electron chi connectivity index (χ1n) is 30.1. The molecule has 3 saturated carbocycles. The van der Waals surface area contributed by atoms with Crippen LogP contribution in [0.1, 0.15) is 89.9 Å². The number of carbonyl (C=O) groups is 6. The maximum absolute atomic E-state index is 13.4. The molecule has 94 heavy (non-hydrogen) atoms. The molecular weight excluding hydrogens is 1350 g/mol. The average Bonchev–Trinajstić information content (AvgIpc) is 1.95. The fourth-order valence-electron chi connectivity index (χ4n) is 9.82. The van der Waals surface area contributed by atoms with Crippen molar-refractivity contribution >= 4 is 93.3 Å². The van der Waals surface area contributed by atoms with Gasteiger partial charge in [0.15, 0.2) is 37.5 Å². The molecule has 3 amide bonds. The number of carbonyl (C=O) groups excluding carboxylic acids is 5. The number of phenolic OH excluding ortho intramolecular Hbond substituents is 1. The first-order valence-corrected chi connectivity index (χ1v) is 31.9. The van der Waals surface area contributed by atoms with Crippen LogP contribution in [0.3, 0.4) is 0 Å². The number of nitrogens with two attached hydrogens (primary N) is 1. The van der Waals surface area contributed by atoms with Gasteiger partial charge in [-0.3, -0.25) is 24.0 Å². The molecular formula is C65H72Cl5F5N4O15. The Kier molecular flexibility index (Phi) is 31.4. The largest absolute Gasteiger partial charge is 0.508 e. The van der Waals surface area contributed by atoms with Gasteiger partial charge in [0.05, 0.1) is 38.3 Å². The molecule has 3 atom stereocenters. The van der Waals surface area contributed by atoms with Crippen LogP contribution < -0.4 is 40.6 Å². The Labute approximate surface area is 564 Å². The van der Waals surface area contributed by atoms with Gasteiger partial charge >= 0.3 is 5.97 Å². The van der Waals surface area contributed by atoms with Crippen molar-refractivity contribution in [1.82, 2.24) is 16.0 Å². The fourth-order valence-corrected chi connectivity index (χ4v) is 10.4. The molecule has 512 valence electrons. The summed E-state index contributed by atoms with van der Waals surface area (Å²) in [6.45, 7) is 0.144. The summed E-state index contributed by atoms with van der Waals surface area (Å²) in [4.78, 5) is 69.5. The highest BCUT2D eigenvalue weighted by Crippen LogP contribution is 2.31. The summed E-state index contributed by atoms with van der Waals surface area (Å²) >= 11 is 27.7. The number of phenols is 1. The van der Waals surface area contributed by atoms with E-state index < -0.39 is 47.3 Å². The van der Waals surface area contributed by atoms with Crippen LogP contribution >= 0.6 is 58.0 Å². The van der Waals surface area contributed by atoms with Gasteiger partial charge in [0.25, 0.3) is 17.7 Å². The van der Waals surface area contributed by atoms with E-state index in [0.29, 0.717) is 38.4 Å². The predicted molar refractivity (Wildman–Crippen MR) is 339 cm³/mol. The first kappa shape index (κ1) is 76.3. The van der Waals surface area contributed by atoms with Crippen LogP contribution in [0.5, 0.6) is 28.7 Å². The Morgan fingerprint density at radius 3 is 1.11 bits per heavy atom. The third kappa shape index (κ3) is 28.3. The van der Waals surface area contributed by atoms with Crippen molar-refractivity contribution in [2.45, 2.75) is 132 Å². The zero-order valence-electron chi connectivity index (χ0n) is 50.6. The maximum atomic E-state index is 13.4. The second-order valence-corrected chi connectivity index (χ2v) is 24.7. The van der Waals surface area contributed by atoms with E-state index in [4.69, 9.17) is 97.6 Å². The summed E-state index contributed by atoms with van der Waals surface area (Å²) in [5.74, 6) is -3.46. The highest BCUT2D eigenvalue weighted by molar-refractivity contribution is 6.32. The van der Waals surface area contributed by atoms with E-state index in [0.717, 1.165) is 94.5 Å². The van der Waals surface area contributed by atoms with Crippen molar-refractivity contribution in [3.05, 3.63) is 145 Å². The molecule has 2 aliphatic heterocycles. The number of aliphatic hydroxyl groups excluding tert-OH is 1. The topological polar surface area (TPSA) is 287 Å². The lowest BCUT2D eigenvalue weighted by molar-refractivity contribution is -0.138. The van der Waals surface area contributed by atoms with E-state index in [1.165, 1.54) is 60.7 Å². The fraction of sp³-hybridized carbons (Fsp3) is 0.446. The molecule has 29 heteroatoms. The molecule has 10 rings (SSSR count). The number of Topliss-reactive ketones (excluding diaryl/α,β-unsaturated/α-hetero) is 2. The molecule has 19 nitrogen and oxygen atoms in total. The molecule has 0 aromatic heterocycles. The lowest BCUT2D eigenvalue weighted by atomic mass is 9.82. The van der Waals surface area contributed by atoms with E-state index in [-0.39, 0.29) is 152 Å². The SMILES string of the molecule is NC1CCC(NC(=O)COc2ccc(Cl)c(F)c2)CC1.O=C(COc1ccc(Cl)c(F)c1)NC1CCC(CC(=O)C(O)COc2ccc(Cl)c(F)c2)CC1.O=C(COc1ccc(Cl)c(F)c1)NC1CCC(CC(=O)C2CO2)CC1.O=C(O)C1CO1.Oc1ccc(Cl)c(F)c1. The van der Waals surface area contributed by atoms with Crippen LogP contribution in [-0.2, 0) is 38.2 Å². The molecule has 2 heterocycles. The highest BCUT2D eigenvalue weighted by atomic mass is 35.5. The van der Waals surface area contributed by atoms with Gasteiger partial charge in [-0.25, -0.2) is 26.7 Å². The van der Waals surface area contributed by atoms with Gasteiger partial charge in [0.2, 0.25) is 0 Å². The summed E-state index contributed by atoms with van der Waals surface area (Å²) in [5, 5.41) is 35.4. The number of nitrogens with one attached hydrogen (secondary N) is 3. The molecule has 5 fully saturated rings. The number of rotatable bonds is 22. The number of hydrogen-bond donors (Lipinski definition) is 7. The second kappa shape index (κ2) is 38.7. The summed E-state index contributed by atoms with van der Waals surface area (Å²) < 4.78 is 96.1. The number of hydrogen-bond acceptors (Lipinski definition) is 15. The quantitative estimate of drug-likeness (QED) is 0.0250. The number of epoxide rings is 2. The third-order valence-corrected chi connectivity index (χ3v) is 16.7. The van der Waals surface area contributed by atoms with Crippen LogP contribution in [-0.4, -0.2) is 133 Å². The Balaban J connectivity index is 0.000000205. The van der Waals surface area contributed by atoms with Crippen LogP contribution in [0, 0.1) is 40.9 Å². The normalized spacial score (nSPS) is 21.1. The number of ether oxygens (including phenoxy) is 6. The Morgan fingerprint density at radius 2 is 0.798 bits per heavy atom. The molecule has 5 aromatic carbocycles. The van der Waals surface area contributed by atoms with E-state index in [1.54, 1.807) is 0 Å². The number of aliphatic carboxylic acids is 1. The zero-order valence-corrected chi connectivity index (χ0v) is 54.4. The van der Waals surface area contributed by atoms with Crippen molar-refractivity contribution in [2.24, 2.45) is 17.6 Å². The Morgan fingerprint density at radius 1 is 0.479 bits per heavy atom. The van der Waals surface area contributed by atoms with Crippen LogP contribution in [0.4, 0.5) is 22.0 Å². The number of aliphatic hydroxyl groups is 1. The smallest absolute Gasteiger partial charge is 0.335 e. The van der Waals surface area contributed by atoms with Crippen molar-refractivity contribution in [3.8, 4) is 28.7 Å². The molecule has 8 N–H and O–H groups in total. The maximum Gasteiger partial charge on any atom is 0.335 e. The molecule has 5 aliphatic rings. The average molecular weight is 1420 g/mol. The first-order chi connectivity index (χ1) is 44.8. The van der Waals surface area contributed by atoms with Gasteiger partial charge in [-0.2, -0.15) is 0 Å². The summed E-state index contributed by atoms with van der Waals surface area (Å²) in [5.41, 5.74) is 5.81. The van der Waals surface area contributed by atoms with Gasteiger partial charge < -0.3 is 65.4 Å². The summed E-state index contributed by atoms with van der Waals surface area (Å²) in [7, 11) is 0. The monoisotopic (exact) mass is 1420 g/mol. The number of amides is 3. The molecule has 0 radical (unpaired) electrons. The predicted octanol–water partition coefficient (Wildman–Crippen LogP) is 11.5. The standard InChI is InChI=1S/C24H25Cl2F2NO5.C18H21ClFNO4.C14H18ClFN2O2.C6H4ClFO.C3H4O3/c25-18-7-5-16(10-20(18)27)33-12-23(31)22(30)9-14-1-3-15(4-2-14)29-24(32)13-34-17-6-8-19(26)21(28)11-17;19-14-6-5-13(8-15(14)20)24-10-18(23)21-12-3-1-11(2-4-12)7-16(22)17-9-25-17;15-12-6-5-11(7-13(12)16)20-8-14(19)18-10-3-1-9(17)2-4-10;7-5-2-1-4(9)3-6(5)8;4-3(5)2-1-6-2/h5-8,10-11,14-15,23,31H,1-4,9,12-13H2,(H,29,32);5-6,8,11-12,17H,1-4,7,9-10H2,(H,21,23);5-7,9-10H,1-4,8,17H2,(H,18,19);1-3,9H;2H,1H2,(H,4,5). The number of carboxylic acids is 1. The molecule has 3 unspecified atom stereocenters. The number of carboxylic acid groups (broad SMARTS) is 1. The van der Waals surface area contributed by atoms with Crippen molar-refractivity contribution < 1.29 is 94.5 Å². The van der Waals surface area contributed by atoms with Gasteiger partial charge in [-0.1, -0.05) is 58.0 Å². The number of aromatic hydroxyl groups is 1. The third-order valence-electron chi connectivity index (χ3n) is 15.2. The van der Waals surface area contributed by atoms with Crippen LogP contribution in [0.2, 0.25) is 25.1 Å². The van der Waals surface area contributed by atoms with Gasteiger partial charge in [-0.15, -0.1) is 0 Å². The molecule has 0 spiro atoms. The molecule has 0 bridgehead atoms. The number of ketones is 2. The lowest BCUT2D eigenvalue weighted by Crippen LogP contribution is -2.42. The van der Waals surface area contributed by atoms with E-state index in [1.807, 2.05) is 0 Å². The minimum Gasteiger partial charge on any atom is -0.508 e. The van der Waals surface area contributed by atoms with E-state index in [9.17, 15) is 55.8 Å². The zero-order chi connectivity index (χ0) is 68.4. The highest BCUT2D eigenvalue weighted by Gasteiger charge is 2.34.